The average Bonchev–Trinajstić information content (AvgIpc) is 2.50. The van der Waals surface area contributed by atoms with E-state index in [9.17, 15) is 0 Å². The van der Waals surface area contributed by atoms with Gasteiger partial charge in [0.15, 0.2) is 0 Å². The Hall–Kier alpha value is -1.68. The number of aliphatic hydroxyl groups excluding tert-OH is 2. The van der Waals surface area contributed by atoms with Gasteiger partial charge in [-0.15, -0.1) is 0 Å². The Morgan fingerprint density at radius 3 is 1.32 bits per heavy atom. The van der Waals surface area contributed by atoms with E-state index in [0.717, 1.165) is 0 Å². The van der Waals surface area contributed by atoms with Crippen molar-refractivity contribution >= 4 is 0 Å². The molecule has 3 heteroatoms. The van der Waals surface area contributed by atoms with Crippen molar-refractivity contribution in [3.05, 3.63) is 60.7 Å². The van der Waals surface area contributed by atoms with Crippen molar-refractivity contribution in [3.63, 3.8) is 0 Å². The second-order valence-electron chi connectivity index (χ2n) is 3.93. The molecule has 0 aromatic heterocycles. The van der Waals surface area contributed by atoms with Gasteiger partial charge in [0, 0.05) is 13.1 Å². The molecule has 0 bridgehead atoms. The van der Waals surface area contributed by atoms with Gasteiger partial charge in [-0.1, -0.05) is 60.7 Å². The first-order chi connectivity index (χ1) is 9.38. The van der Waals surface area contributed by atoms with Gasteiger partial charge in [0.1, 0.15) is 0 Å². The minimum Gasteiger partial charge on any atom is -0.395 e. The SMILES string of the molecule is OCCNCCO.c1ccc(-c2ccccc2)cc1. The Balaban J connectivity index is 0.000000224. The molecule has 0 amide bonds. The fraction of sp³-hybridized carbons (Fsp3) is 0.250. The van der Waals surface area contributed by atoms with Gasteiger partial charge < -0.3 is 15.5 Å². The van der Waals surface area contributed by atoms with Gasteiger partial charge in [-0.3, -0.25) is 0 Å². The van der Waals surface area contributed by atoms with Gasteiger partial charge in [-0.25, -0.2) is 0 Å². The van der Waals surface area contributed by atoms with Crippen LogP contribution in [-0.2, 0) is 0 Å². The molecular formula is C16H21NO2. The molecule has 0 saturated carbocycles. The summed E-state index contributed by atoms with van der Waals surface area (Å²) in [6.07, 6.45) is 0. The van der Waals surface area contributed by atoms with E-state index in [4.69, 9.17) is 10.2 Å². The molecule has 0 radical (unpaired) electrons. The third kappa shape index (κ3) is 6.72. The van der Waals surface area contributed by atoms with E-state index in [1.165, 1.54) is 11.1 Å². The number of aliphatic hydroxyl groups is 2. The highest BCUT2D eigenvalue weighted by Crippen LogP contribution is 2.17. The lowest BCUT2D eigenvalue weighted by Gasteiger charge is -1.98. The number of hydrogen-bond acceptors (Lipinski definition) is 3. The van der Waals surface area contributed by atoms with E-state index in [1.807, 2.05) is 12.1 Å². The molecule has 0 fully saturated rings. The van der Waals surface area contributed by atoms with E-state index >= 15 is 0 Å². The second kappa shape index (κ2) is 10.3. The highest BCUT2D eigenvalue weighted by atomic mass is 16.3. The lowest BCUT2D eigenvalue weighted by Crippen LogP contribution is -2.21. The number of hydrogen-bond donors (Lipinski definition) is 3. The predicted molar refractivity (Wildman–Crippen MR) is 78.9 cm³/mol. The van der Waals surface area contributed by atoms with Gasteiger partial charge in [0.2, 0.25) is 0 Å². The molecule has 3 nitrogen and oxygen atoms in total. The molecule has 0 saturated heterocycles. The second-order valence-corrected chi connectivity index (χ2v) is 3.93. The van der Waals surface area contributed by atoms with Gasteiger partial charge in [0.25, 0.3) is 0 Å². The topological polar surface area (TPSA) is 52.5 Å². The van der Waals surface area contributed by atoms with E-state index in [2.05, 4.69) is 53.8 Å². The molecule has 2 rings (SSSR count). The molecule has 0 atom stereocenters. The summed E-state index contributed by atoms with van der Waals surface area (Å²) in [4.78, 5) is 0. The summed E-state index contributed by atoms with van der Waals surface area (Å²) < 4.78 is 0. The molecule has 0 heterocycles. The molecule has 2 aromatic rings. The minimum absolute atomic E-state index is 0.139. The van der Waals surface area contributed by atoms with Crippen molar-refractivity contribution in [2.75, 3.05) is 26.3 Å². The van der Waals surface area contributed by atoms with Crippen LogP contribution < -0.4 is 5.32 Å². The fourth-order valence-electron chi connectivity index (χ4n) is 1.54. The molecule has 0 aliphatic rings. The maximum Gasteiger partial charge on any atom is 0.0555 e. The molecule has 0 aliphatic heterocycles. The van der Waals surface area contributed by atoms with Crippen molar-refractivity contribution in [2.45, 2.75) is 0 Å². The normalized spacial score (nSPS) is 9.58. The number of nitrogens with one attached hydrogen (secondary N) is 1. The zero-order valence-corrected chi connectivity index (χ0v) is 11.0. The van der Waals surface area contributed by atoms with Crippen LogP contribution in [0.15, 0.2) is 60.7 Å². The monoisotopic (exact) mass is 259 g/mol. The van der Waals surface area contributed by atoms with Gasteiger partial charge in [-0.2, -0.15) is 0 Å². The van der Waals surface area contributed by atoms with Crippen LogP contribution in [0, 0.1) is 0 Å². The molecule has 2 aromatic carbocycles. The number of rotatable bonds is 5. The summed E-state index contributed by atoms with van der Waals surface area (Å²) >= 11 is 0. The molecule has 3 N–H and O–H groups in total. The van der Waals surface area contributed by atoms with Gasteiger partial charge in [0.05, 0.1) is 13.2 Å². The van der Waals surface area contributed by atoms with Crippen molar-refractivity contribution in [2.24, 2.45) is 0 Å². The van der Waals surface area contributed by atoms with E-state index in [1.54, 1.807) is 0 Å². The lowest BCUT2D eigenvalue weighted by atomic mass is 10.1. The lowest BCUT2D eigenvalue weighted by molar-refractivity contribution is 0.267. The van der Waals surface area contributed by atoms with Crippen LogP contribution in [0.1, 0.15) is 0 Å². The molecule has 102 valence electrons. The summed E-state index contributed by atoms with van der Waals surface area (Å²) in [7, 11) is 0. The van der Waals surface area contributed by atoms with Crippen molar-refractivity contribution < 1.29 is 10.2 Å². The van der Waals surface area contributed by atoms with Crippen molar-refractivity contribution in [3.8, 4) is 11.1 Å². The van der Waals surface area contributed by atoms with Crippen molar-refractivity contribution in [1.82, 2.24) is 5.32 Å². The molecular weight excluding hydrogens is 238 g/mol. The first-order valence-electron chi connectivity index (χ1n) is 6.41. The van der Waals surface area contributed by atoms with Gasteiger partial charge in [-0.05, 0) is 11.1 Å². The third-order valence-electron chi connectivity index (χ3n) is 2.46. The Kier molecular flexibility index (Phi) is 8.31. The highest BCUT2D eigenvalue weighted by molar-refractivity contribution is 5.62. The summed E-state index contributed by atoms with van der Waals surface area (Å²) in [5.41, 5.74) is 2.55. The standard InChI is InChI=1S/C12H10.C4H11NO2/c1-3-7-11(8-4-1)12-9-5-2-6-10-12;6-3-1-5-2-4-7/h1-10H;5-7H,1-4H2. The van der Waals surface area contributed by atoms with Crippen LogP contribution in [0.3, 0.4) is 0 Å². The number of benzene rings is 2. The highest BCUT2D eigenvalue weighted by Gasteiger charge is 1.91. The summed E-state index contributed by atoms with van der Waals surface area (Å²) in [5, 5.41) is 19.1. The first kappa shape index (κ1) is 15.4. The fourth-order valence-corrected chi connectivity index (χ4v) is 1.54. The van der Waals surface area contributed by atoms with Gasteiger partial charge >= 0.3 is 0 Å². The van der Waals surface area contributed by atoms with Crippen molar-refractivity contribution in [1.29, 1.82) is 0 Å². The average molecular weight is 259 g/mol. The molecule has 0 unspecified atom stereocenters. The molecule has 19 heavy (non-hydrogen) atoms. The van der Waals surface area contributed by atoms with Crippen LogP contribution >= 0.6 is 0 Å². The summed E-state index contributed by atoms with van der Waals surface area (Å²) in [6, 6.07) is 20.8. The maximum atomic E-state index is 8.15. The third-order valence-corrected chi connectivity index (χ3v) is 2.46. The molecule has 0 spiro atoms. The maximum absolute atomic E-state index is 8.15. The Labute approximate surface area is 114 Å². The quantitative estimate of drug-likeness (QED) is 0.719. The van der Waals surface area contributed by atoms with E-state index in [-0.39, 0.29) is 13.2 Å². The van der Waals surface area contributed by atoms with Crippen LogP contribution in [0.5, 0.6) is 0 Å². The van der Waals surface area contributed by atoms with E-state index in [0.29, 0.717) is 13.1 Å². The van der Waals surface area contributed by atoms with Crippen LogP contribution in [0.2, 0.25) is 0 Å². The zero-order chi connectivity index (χ0) is 13.8. The summed E-state index contributed by atoms with van der Waals surface area (Å²) in [6.45, 7) is 1.42. The predicted octanol–water partition coefficient (Wildman–Crippen LogP) is 1.91. The van der Waals surface area contributed by atoms with Crippen LogP contribution in [0.4, 0.5) is 0 Å². The Morgan fingerprint density at radius 1 is 0.632 bits per heavy atom. The first-order valence-corrected chi connectivity index (χ1v) is 6.41. The van der Waals surface area contributed by atoms with Crippen LogP contribution in [0.25, 0.3) is 11.1 Å². The Bertz CT molecular complexity index is 376. The molecule has 0 aliphatic carbocycles. The summed E-state index contributed by atoms with van der Waals surface area (Å²) in [5.74, 6) is 0. The van der Waals surface area contributed by atoms with Crippen LogP contribution in [-0.4, -0.2) is 36.5 Å². The van der Waals surface area contributed by atoms with E-state index < -0.39 is 0 Å². The zero-order valence-electron chi connectivity index (χ0n) is 11.0. The Morgan fingerprint density at radius 2 is 1.00 bits per heavy atom. The smallest absolute Gasteiger partial charge is 0.0555 e. The largest absolute Gasteiger partial charge is 0.395 e. The minimum atomic E-state index is 0.139.